The van der Waals surface area contributed by atoms with E-state index in [1.54, 1.807) is 0 Å². The number of fused-ring (bicyclic) bond motifs is 4. The van der Waals surface area contributed by atoms with Gasteiger partial charge in [0, 0.05) is 21.0 Å². The Kier molecular flexibility index (Phi) is 4.03. The molecule has 150 valence electrons. The first-order chi connectivity index (χ1) is 15.0. The summed E-state index contributed by atoms with van der Waals surface area (Å²) in [5.41, 5.74) is 10.3. The van der Waals surface area contributed by atoms with Gasteiger partial charge in [-0.1, -0.05) is 90.4 Å². The molecule has 1 heterocycles. The first kappa shape index (κ1) is 18.7. The number of rotatable bonds is 2. The summed E-state index contributed by atoms with van der Waals surface area (Å²) < 4.78 is 3.54. The molecule has 1 aliphatic carbocycles. The molecule has 0 aliphatic heterocycles. The lowest BCUT2D eigenvalue weighted by Gasteiger charge is -2.23. The fourth-order valence-corrected chi connectivity index (χ4v) is 5.45. The highest BCUT2D eigenvalue weighted by Gasteiger charge is 2.35. The maximum Gasteiger partial charge on any atom is 0.0540 e. The predicted octanol–water partition coefficient (Wildman–Crippen LogP) is 8.37. The number of nitrogens with zero attached hydrogens (tertiary/aromatic N) is 1. The lowest BCUT2D eigenvalue weighted by molar-refractivity contribution is 0.659. The van der Waals surface area contributed by atoms with E-state index in [1.807, 2.05) is 0 Å². The predicted molar refractivity (Wildman–Crippen MR) is 134 cm³/mol. The van der Waals surface area contributed by atoms with E-state index in [9.17, 15) is 0 Å². The van der Waals surface area contributed by atoms with E-state index in [1.165, 1.54) is 50.1 Å². The molecule has 0 atom stereocenters. The maximum atomic E-state index is 3.67. The molecule has 0 saturated carbocycles. The summed E-state index contributed by atoms with van der Waals surface area (Å²) in [5, 5.41) is 1.26. The Labute approximate surface area is 191 Å². The first-order valence-electron chi connectivity index (χ1n) is 10.7. The molecule has 0 unspecified atom stereocenters. The van der Waals surface area contributed by atoms with Crippen molar-refractivity contribution in [2.24, 2.45) is 0 Å². The van der Waals surface area contributed by atoms with Crippen molar-refractivity contribution >= 4 is 26.8 Å². The molecule has 0 fully saturated rings. The summed E-state index contributed by atoms with van der Waals surface area (Å²) >= 11 is 3.67. The highest BCUT2D eigenvalue weighted by molar-refractivity contribution is 9.10. The summed E-state index contributed by atoms with van der Waals surface area (Å²) in [5.74, 6) is 0. The van der Waals surface area contributed by atoms with Gasteiger partial charge in [0.25, 0.3) is 0 Å². The molecule has 0 amide bonds. The standard InChI is InChI=1S/C29H22BrN/c1-29(2)25-17-21(30)12-14-23(25)24-15-13-22(18-26(24)29)31-27-11-7-6-10-20(27)16-28(31)19-8-4-3-5-9-19/h3-18H,1-2H3. The van der Waals surface area contributed by atoms with Gasteiger partial charge in [-0.25, -0.2) is 0 Å². The molecule has 0 radical (unpaired) electrons. The van der Waals surface area contributed by atoms with Crippen molar-refractivity contribution in [3.8, 4) is 28.1 Å². The highest BCUT2D eigenvalue weighted by atomic mass is 79.9. The van der Waals surface area contributed by atoms with Gasteiger partial charge < -0.3 is 4.57 Å². The van der Waals surface area contributed by atoms with Crippen molar-refractivity contribution < 1.29 is 0 Å². The summed E-state index contributed by atoms with van der Waals surface area (Å²) in [6, 6.07) is 35.2. The van der Waals surface area contributed by atoms with Crippen molar-refractivity contribution in [2.45, 2.75) is 19.3 Å². The van der Waals surface area contributed by atoms with Crippen LogP contribution in [0.1, 0.15) is 25.0 Å². The number of hydrogen-bond donors (Lipinski definition) is 0. The lowest BCUT2D eigenvalue weighted by atomic mass is 9.82. The molecule has 1 nitrogen and oxygen atoms in total. The van der Waals surface area contributed by atoms with Gasteiger partial charge in [-0.3, -0.25) is 0 Å². The molecule has 1 aromatic heterocycles. The molecule has 0 saturated heterocycles. The minimum absolute atomic E-state index is 0.0413. The molecular weight excluding hydrogens is 442 g/mol. The van der Waals surface area contributed by atoms with Crippen LogP contribution < -0.4 is 0 Å². The van der Waals surface area contributed by atoms with Crippen LogP contribution in [0.15, 0.2) is 102 Å². The molecule has 0 bridgehead atoms. The van der Waals surface area contributed by atoms with Crippen molar-refractivity contribution in [1.82, 2.24) is 4.57 Å². The van der Waals surface area contributed by atoms with Gasteiger partial charge in [0.05, 0.1) is 11.2 Å². The van der Waals surface area contributed by atoms with Crippen molar-refractivity contribution in [2.75, 3.05) is 0 Å². The maximum absolute atomic E-state index is 3.67. The fourth-order valence-electron chi connectivity index (χ4n) is 5.09. The van der Waals surface area contributed by atoms with Gasteiger partial charge in [0.1, 0.15) is 0 Å². The van der Waals surface area contributed by atoms with Gasteiger partial charge in [-0.05, 0) is 64.2 Å². The zero-order chi connectivity index (χ0) is 21.2. The van der Waals surface area contributed by atoms with E-state index in [-0.39, 0.29) is 5.41 Å². The van der Waals surface area contributed by atoms with Crippen LogP contribution in [0, 0.1) is 0 Å². The zero-order valence-corrected chi connectivity index (χ0v) is 19.1. The zero-order valence-electron chi connectivity index (χ0n) is 17.6. The van der Waals surface area contributed by atoms with Gasteiger partial charge in [-0.15, -0.1) is 0 Å². The average molecular weight is 464 g/mol. The largest absolute Gasteiger partial charge is 0.309 e. The second-order valence-electron chi connectivity index (χ2n) is 8.83. The van der Waals surface area contributed by atoms with E-state index in [4.69, 9.17) is 0 Å². The molecule has 1 aliphatic rings. The molecule has 0 spiro atoms. The summed E-state index contributed by atoms with van der Waals surface area (Å²) in [6.07, 6.45) is 0. The number of benzene rings is 4. The Morgan fingerprint density at radius 3 is 2.16 bits per heavy atom. The topological polar surface area (TPSA) is 4.93 Å². The number of halogens is 1. The van der Waals surface area contributed by atoms with Crippen LogP contribution in [0.5, 0.6) is 0 Å². The van der Waals surface area contributed by atoms with Crippen molar-refractivity contribution in [3.05, 3.63) is 113 Å². The van der Waals surface area contributed by atoms with E-state index in [0.29, 0.717) is 0 Å². The Morgan fingerprint density at radius 1 is 0.677 bits per heavy atom. The molecule has 4 aromatic carbocycles. The molecule has 31 heavy (non-hydrogen) atoms. The fraction of sp³-hybridized carbons (Fsp3) is 0.103. The van der Waals surface area contributed by atoms with Crippen LogP contribution in [0.3, 0.4) is 0 Å². The number of aromatic nitrogens is 1. The molecular formula is C29H22BrN. The van der Waals surface area contributed by atoms with Crippen molar-refractivity contribution in [1.29, 1.82) is 0 Å². The lowest BCUT2D eigenvalue weighted by Crippen LogP contribution is -2.15. The van der Waals surface area contributed by atoms with E-state index in [2.05, 4.69) is 131 Å². The summed E-state index contributed by atoms with van der Waals surface area (Å²) in [7, 11) is 0. The third-order valence-electron chi connectivity index (χ3n) is 6.66. The van der Waals surface area contributed by atoms with Gasteiger partial charge in [0.15, 0.2) is 0 Å². The minimum Gasteiger partial charge on any atom is -0.309 e. The highest BCUT2D eigenvalue weighted by Crippen LogP contribution is 2.50. The van der Waals surface area contributed by atoms with Gasteiger partial charge in [0.2, 0.25) is 0 Å². The third kappa shape index (κ3) is 2.75. The van der Waals surface area contributed by atoms with Crippen LogP contribution in [0.4, 0.5) is 0 Å². The van der Waals surface area contributed by atoms with Crippen LogP contribution in [0.25, 0.3) is 39.0 Å². The number of para-hydroxylation sites is 1. The molecule has 5 aromatic rings. The van der Waals surface area contributed by atoms with E-state index < -0.39 is 0 Å². The Bertz CT molecular complexity index is 1460. The van der Waals surface area contributed by atoms with E-state index >= 15 is 0 Å². The average Bonchev–Trinajstić information content (AvgIpc) is 3.28. The minimum atomic E-state index is -0.0413. The van der Waals surface area contributed by atoms with E-state index in [0.717, 1.165) is 4.47 Å². The second kappa shape index (κ2) is 6.70. The Balaban J connectivity index is 1.62. The quantitative estimate of drug-likeness (QED) is 0.247. The van der Waals surface area contributed by atoms with Crippen LogP contribution in [0.2, 0.25) is 0 Å². The molecule has 6 rings (SSSR count). The smallest absolute Gasteiger partial charge is 0.0540 e. The SMILES string of the molecule is CC1(C)c2cc(Br)ccc2-c2ccc(-n3c(-c4ccccc4)cc4ccccc43)cc21. The summed E-state index contributed by atoms with van der Waals surface area (Å²) in [6.45, 7) is 4.67. The van der Waals surface area contributed by atoms with Crippen LogP contribution >= 0.6 is 15.9 Å². The Morgan fingerprint density at radius 2 is 1.35 bits per heavy atom. The first-order valence-corrected chi connectivity index (χ1v) is 11.4. The van der Waals surface area contributed by atoms with Gasteiger partial charge in [-0.2, -0.15) is 0 Å². The summed E-state index contributed by atoms with van der Waals surface area (Å²) in [4.78, 5) is 0. The van der Waals surface area contributed by atoms with Crippen LogP contribution in [-0.4, -0.2) is 4.57 Å². The molecule has 2 heteroatoms. The van der Waals surface area contributed by atoms with Crippen molar-refractivity contribution in [3.63, 3.8) is 0 Å². The normalized spacial score (nSPS) is 13.9. The molecule has 0 N–H and O–H groups in total. The van der Waals surface area contributed by atoms with Gasteiger partial charge >= 0.3 is 0 Å². The van der Waals surface area contributed by atoms with Crippen LogP contribution in [-0.2, 0) is 5.41 Å². The monoisotopic (exact) mass is 463 g/mol. The Hall–Kier alpha value is -3.10. The third-order valence-corrected chi connectivity index (χ3v) is 7.15. The second-order valence-corrected chi connectivity index (χ2v) is 9.75. The number of hydrogen-bond acceptors (Lipinski definition) is 0.